The zero-order valence-electron chi connectivity index (χ0n) is 8.13. The summed E-state index contributed by atoms with van der Waals surface area (Å²) in [5.41, 5.74) is 10.8. The summed E-state index contributed by atoms with van der Waals surface area (Å²) >= 11 is 0. The van der Waals surface area contributed by atoms with Crippen LogP contribution in [0.4, 0.5) is 0 Å². The summed E-state index contributed by atoms with van der Waals surface area (Å²) in [6.45, 7) is 2.25. The molecule has 0 spiro atoms. The van der Waals surface area contributed by atoms with Crippen LogP contribution in [0, 0.1) is 0 Å². The molecule has 4 N–H and O–H groups in total. The van der Waals surface area contributed by atoms with Gasteiger partial charge in [0, 0.05) is 25.9 Å². The molecule has 0 heterocycles. The Kier molecular flexibility index (Phi) is 4.66. The van der Waals surface area contributed by atoms with Gasteiger partial charge < -0.3 is 20.9 Å². The molecule has 78 valence electrons. The number of nitrogens with two attached hydrogens (primary N) is 2. The fraction of sp³-hybridized carbons (Fsp3) is 1.00. The number of rotatable bonds is 6. The average molecular weight is 188 g/mol. The van der Waals surface area contributed by atoms with Crippen LogP contribution in [0.1, 0.15) is 25.7 Å². The van der Waals surface area contributed by atoms with Crippen molar-refractivity contribution in [2.45, 2.75) is 31.5 Å². The molecule has 1 rings (SSSR count). The van der Waals surface area contributed by atoms with E-state index in [0.717, 1.165) is 12.8 Å². The first-order valence-electron chi connectivity index (χ1n) is 5.01. The highest BCUT2D eigenvalue weighted by Crippen LogP contribution is 2.33. The molecule has 0 amide bonds. The maximum absolute atomic E-state index is 5.64. The summed E-state index contributed by atoms with van der Waals surface area (Å²) in [6, 6.07) is 0. The lowest BCUT2D eigenvalue weighted by atomic mass is 10.2. The normalized spacial score (nSPS) is 20.8. The van der Waals surface area contributed by atoms with Crippen molar-refractivity contribution in [3.63, 3.8) is 0 Å². The average Bonchev–Trinajstić information content (AvgIpc) is 2.61. The standard InChI is InChI=1S/C9H20N2O2/c10-5-7-12-9(13-8-6-11)3-1-2-4-9/h1-8,10-11H2. The number of hydrogen-bond donors (Lipinski definition) is 2. The molecule has 0 atom stereocenters. The van der Waals surface area contributed by atoms with Gasteiger partial charge in [0.1, 0.15) is 0 Å². The molecule has 0 aromatic rings. The van der Waals surface area contributed by atoms with Crippen LogP contribution in [0.15, 0.2) is 0 Å². The fourth-order valence-electron chi connectivity index (χ4n) is 1.73. The molecule has 0 unspecified atom stereocenters. The molecule has 0 aromatic heterocycles. The van der Waals surface area contributed by atoms with E-state index >= 15 is 0 Å². The van der Waals surface area contributed by atoms with Crippen LogP contribution in [-0.2, 0) is 9.47 Å². The SMILES string of the molecule is NCCOC1(OCCN)CCCC1. The van der Waals surface area contributed by atoms with E-state index in [-0.39, 0.29) is 5.79 Å². The third kappa shape index (κ3) is 3.23. The third-order valence-electron chi connectivity index (χ3n) is 2.33. The second-order valence-corrected chi connectivity index (χ2v) is 3.39. The Morgan fingerprint density at radius 2 is 1.38 bits per heavy atom. The Bertz CT molecular complexity index is 126. The van der Waals surface area contributed by atoms with Gasteiger partial charge in [-0.2, -0.15) is 0 Å². The Morgan fingerprint density at radius 3 is 1.77 bits per heavy atom. The van der Waals surface area contributed by atoms with Crippen LogP contribution in [-0.4, -0.2) is 32.1 Å². The van der Waals surface area contributed by atoms with Crippen molar-refractivity contribution in [3.8, 4) is 0 Å². The van der Waals surface area contributed by atoms with E-state index in [1.165, 1.54) is 12.8 Å². The second kappa shape index (κ2) is 5.54. The molecule has 0 aromatic carbocycles. The zero-order valence-corrected chi connectivity index (χ0v) is 8.13. The second-order valence-electron chi connectivity index (χ2n) is 3.39. The van der Waals surface area contributed by atoms with Crippen molar-refractivity contribution in [1.29, 1.82) is 0 Å². The van der Waals surface area contributed by atoms with E-state index in [0.29, 0.717) is 26.3 Å². The van der Waals surface area contributed by atoms with Crippen LogP contribution < -0.4 is 11.5 Å². The van der Waals surface area contributed by atoms with Gasteiger partial charge in [-0.15, -0.1) is 0 Å². The highest BCUT2D eigenvalue weighted by Gasteiger charge is 2.35. The monoisotopic (exact) mass is 188 g/mol. The van der Waals surface area contributed by atoms with Crippen molar-refractivity contribution in [3.05, 3.63) is 0 Å². The van der Waals surface area contributed by atoms with Gasteiger partial charge in [0.05, 0.1) is 13.2 Å². The number of hydrogen-bond acceptors (Lipinski definition) is 4. The molecule has 4 heteroatoms. The van der Waals surface area contributed by atoms with Crippen molar-refractivity contribution >= 4 is 0 Å². The molecule has 1 aliphatic carbocycles. The summed E-state index contributed by atoms with van der Waals surface area (Å²) < 4.78 is 11.3. The first kappa shape index (κ1) is 10.9. The van der Waals surface area contributed by atoms with Crippen molar-refractivity contribution in [2.24, 2.45) is 11.5 Å². The third-order valence-corrected chi connectivity index (χ3v) is 2.33. The minimum Gasteiger partial charge on any atom is -0.349 e. The smallest absolute Gasteiger partial charge is 0.168 e. The molecular weight excluding hydrogens is 168 g/mol. The minimum atomic E-state index is -0.362. The van der Waals surface area contributed by atoms with Gasteiger partial charge in [-0.25, -0.2) is 0 Å². The topological polar surface area (TPSA) is 70.5 Å². The molecule has 1 fully saturated rings. The molecule has 4 nitrogen and oxygen atoms in total. The van der Waals surface area contributed by atoms with Crippen molar-refractivity contribution < 1.29 is 9.47 Å². The van der Waals surface area contributed by atoms with Gasteiger partial charge in [0.15, 0.2) is 5.79 Å². The molecule has 0 saturated heterocycles. The fourth-order valence-corrected chi connectivity index (χ4v) is 1.73. The largest absolute Gasteiger partial charge is 0.349 e. The van der Waals surface area contributed by atoms with Gasteiger partial charge in [0.2, 0.25) is 0 Å². The van der Waals surface area contributed by atoms with E-state index in [1.54, 1.807) is 0 Å². The van der Waals surface area contributed by atoms with Gasteiger partial charge in [-0.1, -0.05) is 0 Å². The maximum Gasteiger partial charge on any atom is 0.168 e. The van der Waals surface area contributed by atoms with Gasteiger partial charge in [0.25, 0.3) is 0 Å². The molecule has 13 heavy (non-hydrogen) atoms. The molecule has 1 aliphatic rings. The molecule has 0 aliphatic heterocycles. The van der Waals surface area contributed by atoms with Crippen molar-refractivity contribution in [1.82, 2.24) is 0 Å². The van der Waals surface area contributed by atoms with Crippen LogP contribution in [0.3, 0.4) is 0 Å². The molecule has 1 saturated carbocycles. The van der Waals surface area contributed by atoms with E-state index in [9.17, 15) is 0 Å². The summed E-state index contributed by atoms with van der Waals surface area (Å²) in [7, 11) is 0. The van der Waals surface area contributed by atoms with Crippen LogP contribution in [0.5, 0.6) is 0 Å². The van der Waals surface area contributed by atoms with Crippen LogP contribution in [0.25, 0.3) is 0 Å². The predicted molar refractivity (Wildman–Crippen MR) is 51.2 cm³/mol. The summed E-state index contributed by atoms with van der Waals surface area (Å²) in [6.07, 6.45) is 4.31. The zero-order chi connectivity index (χ0) is 9.57. The van der Waals surface area contributed by atoms with Crippen LogP contribution >= 0.6 is 0 Å². The Hall–Kier alpha value is -0.160. The lowest BCUT2D eigenvalue weighted by molar-refractivity contribution is -0.229. The Balaban J connectivity index is 2.33. The lowest BCUT2D eigenvalue weighted by Crippen LogP contribution is -2.36. The molecular formula is C9H20N2O2. The first-order valence-corrected chi connectivity index (χ1v) is 5.01. The highest BCUT2D eigenvalue weighted by atomic mass is 16.7. The minimum absolute atomic E-state index is 0.362. The number of ether oxygens (including phenoxy) is 2. The maximum atomic E-state index is 5.64. The van der Waals surface area contributed by atoms with Crippen molar-refractivity contribution in [2.75, 3.05) is 26.3 Å². The van der Waals surface area contributed by atoms with E-state index in [4.69, 9.17) is 20.9 Å². The van der Waals surface area contributed by atoms with E-state index in [2.05, 4.69) is 0 Å². The Labute approximate surface area is 79.6 Å². The van der Waals surface area contributed by atoms with E-state index < -0.39 is 0 Å². The predicted octanol–water partition coefficient (Wildman–Crippen LogP) is 0.207. The quantitative estimate of drug-likeness (QED) is 0.584. The summed E-state index contributed by atoms with van der Waals surface area (Å²) in [5, 5.41) is 0. The Morgan fingerprint density at radius 1 is 0.923 bits per heavy atom. The van der Waals surface area contributed by atoms with Gasteiger partial charge in [-0.05, 0) is 12.8 Å². The molecule has 0 radical (unpaired) electrons. The molecule has 0 bridgehead atoms. The van der Waals surface area contributed by atoms with E-state index in [1.807, 2.05) is 0 Å². The summed E-state index contributed by atoms with van der Waals surface area (Å²) in [5.74, 6) is -0.362. The summed E-state index contributed by atoms with van der Waals surface area (Å²) in [4.78, 5) is 0. The highest BCUT2D eigenvalue weighted by molar-refractivity contribution is 4.77. The first-order chi connectivity index (χ1) is 6.33. The van der Waals surface area contributed by atoms with Gasteiger partial charge >= 0.3 is 0 Å². The van der Waals surface area contributed by atoms with Crippen LogP contribution in [0.2, 0.25) is 0 Å². The lowest BCUT2D eigenvalue weighted by Gasteiger charge is -2.29. The van der Waals surface area contributed by atoms with Gasteiger partial charge in [-0.3, -0.25) is 0 Å².